The molecule has 1 aromatic heterocycles. The van der Waals surface area contributed by atoms with Crippen LogP contribution in [0.4, 0.5) is 0 Å². The Labute approximate surface area is 171 Å². The van der Waals surface area contributed by atoms with Gasteiger partial charge in [0.1, 0.15) is 5.56 Å². The van der Waals surface area contributed by atoms with Gasteiger partial charge in [-0.05, 0) is 24.1 Å². The Bertz CT molecular complexity index is 1150. The predicted octanol–water partition coefficient (Wildman–Crippen LogP) is 1.47. The number of hydrazone groups is 1. The van der Waals surface area contributed by atoms with E-state index in [9.17, 15) is 19.5 Å². The van der Waals surface area contributed by atoms with E-state index in [1.807, 2.05) is 6.92 Å². The van der Waals surface area contributed by atoms with E-state index in [-0.39, 0.29) is 36.9 Å². The molecule has 2 aromatic rings. The zero-order chi connectivity index (χ0) is 21.4. The van der Waals surface area contributed by atoms with Crippen molar-refractivity contribution in [1.82, 2.24) is 14.6 Å². The topological polar surface area (TPSA) is 126 Å². The first-order valence-corrected chi connectivity index (χ1v) is 9.74. The van der Waals surface area contributed by atoms with Crippen LogP contribution in [0.3, 0.4) is 0 Å². The van der Waals surface area contributed by atoms with Crippen LogP contribution >= 0.6 is 0 Å². The largest absolute Gasteiger partial charge is 0.494 e. The van der Waals surface area contributed by atoms with Gasteiger partial charge in [0.25, 0.3) is 5.56 Å². The van der Waals surface area contributed by atoms with E-state index in [0.29, 0.717) is 17.9 Å². The van der Waals surface area contributed by atoms with Crippen LogP contribution in [-0.2, 0) is 11.3 Å². The van der Waals surface area contributed by atoms with Crippen LogP contribution in [-0.4, -0.2) is 38.1 Å². The van der Waals surface area contributed by atoms with E-state index < -0.39 is 23.2 Å². The summed E-state index contributed by atoms with van der Waals surface area (Å²) in [7, 11) is 0. The van der Waals surface area contributed by atoms with E-state index in [4.69, 9.17) is 9.47 Å². The SMILES string of the molecule is CCCCn1c(O)c(C2=NN(C(C)=O)[C@@H](c3ccc4c(c3)OCO4)C2)c(=O)[nH]c1=O. The lowest BCUT2D eigenvalue weighted by molar-refractivity contribution is -0.130. The lowest BCUT2D eigenvalue weighted by Gasteiger charge is -2.20. The number of aromatic hydroxyl groups is 1. The monoisotopic (exact) mass is 414 g/mol. The highest BCUT2D eigenvalue weighted by atomic mass is 16.7. The fourth-order valence-electron chi connectivity index (χ4n) is 3.68. The third-order valence-corrected chi connectivity index (χ3v) is 5.21. The molecule has 2 aliphatic heterocycles. The van der Waals surface area contributed by atoms with Gasteiger partial charge in [-0.3, -0.25) is 19.1 Å². The number of rotatable bonds is 5. The predicted molar refractivity (Wildman–Crippen MR) is 107 cm³/mol. The summed E-state index contributed by atoms with van der Waals surface area (Å²) in [6, 6.07) is 4.84. The summed E-state index contributed by atoms with van der Waals surface area (Å²) in [6.45, 7) is 3.72. The van der Waals surface area contributed by atoms with Crippen molar-refractivity contribution in [3.8, 4) is 17.4 Å². The molecule has 0 saturated carbocycles. The number of carbonyl (C=O) groups excluding carboxylic acids is 1. The Balaban J connectivity index is 1.74. The molecule has 0 aliphatic carbocycles. The molecule has 0 fully saturated rings. The maximum absolute atomic E-state index is 12.5. The van der Waals surface area contributed by atoms with Gasteiger partial charge < -0.3 is 14.6 Å². The van der Waals surface area contributed by atoms with Crippen molar-refractivity contribution in [2.24, 2.45) is 5.10 Å². The average molecular weight is 414 g/mol. The maximum atomic E-state index is 12.5. The number of unbranched alkanes of at least 4 members (excludes halogenated alkanes) is 1. The lowest BCUT2D eigenvalue weighted by atomic mass is 9.98. The number of fused-ring (bicyclic) bond motifs is 1. The Kier molecular flexibility index (Phi) is 5.06. The van der Waals surface area contributed by atoms with Gasteiger partial charge >= 0.3 is 5.69 Å². The molecule has 1 amide bonds. The highest BCUT2D eigenvalue weighted by Gasteiger charge is 2.35. The van der Waals surface area contributed by atoms with Gasteiger partial charge in [-0.1, -0.05) is 19.4 Å². The fourth-order valence-corrected chi connectivity index (χ4v) is 3.68. The molecule has 3 heterocycles. The number of hydrogen-bond donors (Lipinski definition) is 2. The smallest absolute Gasteiger partial charge is 0.331 e. The van der Waals surface area contributed by atoms with Gasteiger partial charge in [0, 0.05) is 19.9 Å². The minimum Gasteiger partial charge on any atom is -0.494 e. The van der Waals surface area contributed by atoms with Crippen molar-refractivity contribution in [1.29, 1.82) is 0 Å². The molecule has 1 aromatic carbocycles. The quantitative estimate of drug-likeness (QED) is 0.763. The maximum Gasteiger partial charge on any atom is 0.331 e. The van der Waals surface area contributed by atoms with Crippen LogP contribution in [0.15, 0.2) is 32.9 Å². The van der Waals surface area contributed by atoms with Gasteiger partial charge in [0.15, 0.2) is 11.5 Å². The van der Waals surface area contributed by atoms with Crippen LogP contribution in [0.5, 0.6) is 17.4 Å². The van der Waals surface area contributed by atoms with E-state index in [2.05, 4.69) is 10.1 Å². The molecule has 4 rings (SSSR count). The summed E-state index contributed by atoms with van der Waals surface area (Å²) >= 11 is 0. The lowest BCUT2D eigenvalue weighted by Crippen LogP contribution is -2.33. The Hall–Kier alpha value is -3.56. The molecule has 10 nitrogen and oxygen atoms in total. The number of amides is 1. The van der Waals surface area contributed by atoms with Crippen LogP contribution in [0.1, 0.15) is 50.3 Å². The molecule has 2 N–H and O–H groups in total. The number of nitrogens with one attached hydrogen (secondary N) is 1. The van der Waals surface area contributed by atoms with Crippen LogP contribution in [0, 0.1) is 0 Å². The normalized spacial score (nSPS) is 17.3. The van der Waals surface area contributed by atoms with Crippen LogP contribution in [0.25, 0.3) is 0 Å². The first-order chi connectivity index (χ1) is 14.4. The molecule has 10 heteroatoms. The van der Waals surface area contributed by atoms with Gasteiger partial charge in [-0.25, -0.2) is 9.80 Å². The van der Waals surface area contributed by atoms with Crippen LogP contribution < -0.4 is 20.7 Å². The molecule has 0 radical (unpaired) electrons. The second kappa shape index (κ2) is 7.69. The number of benzene rings is 1. The summed E-state index contributed by atoms with van der Waals surface area (Å²) in [4.78, 5) is 39.1. The van der Waals surface area contributed by atoms with Crippen molar-refractivity contribution in [3.63, 3.8) is 0 Å². The zero-order valence-corrected chi connectivity index (χ0v) is 16.7. The van der Waals surface area contributed by atoms with Gasteiger partial charge in [-0.2, -0.15) is 5.10 Å². The number of hydrogen-bond acceptors (Lipinski definition) is 7. The summed E-state index contributed by atoms with van der Waals surface area (Å²) in [5.74, 6) is 0.427. The Morgan fingerprint density at radius 1 is 1.30 bits per heavy atom. The minimum absolute atomic E-state index is 0.0970. The van der Waals surface area contributed by atoms with Crippen molar-refractivity contribution < 1.29 is 19.4 Å². The molecular formula is C20H22N4O6. The molecular weight excluding hydrogens is 392 g/mol. The van der Waals surface area contributed by atoms with Crippen molar-refractivity contribution in [2.45, 2.75) is 45.7 Å². The summed E-state index contributed by atoms with van der Waals surface area (Å²) < 4.78 is 11.9. The summed E-state index contributed by atoms with van der Waals surface area (Å²) in [6.07, 6.45) is 1.66. The van der Waals surface area contributed by atoms with E-state index in [0.717, 1.165) is 16.6 Å². The molecule has 2 aliphatic rings. The number of aromatic nitrogens is 2. The van der Waals surface area contributed by atoms with Crippen LogP contribution in [0.2, 0.25) is 0 Å². The standard InChI is InChI=1S/C20H22N4O6/c1-3-4-7-23-19(27)17(18(26)21-20(23)28)13-9-14(24(22-13)11(2)25)12-5-6-15-16(8-12)30-10-29-15/h5-6,8,14,27H,3-4,7,9-10H2,1-2H3,(H,21,26,28)/t14-/m1/s1. The molecule has 30 heavy (non-hydrogen) atoms. The molecule has 0 spiro atoms. The fraction of sp³-hybridized carbons (Fsp3) is 0.400. The summed E-state index contributed by atoms with van der Waals surface area (Å²) in [5.41, 5.74) is -0.525. The highest BCUT2D eigenvalue weighted by Crippen LogP contribution is 2.39. The number of ether oxygens (including phenoxy) is 2. The minimum atomic E-state index is -0.737. The zero-order valence-electron chi connectivity index (χ0n) is 16.7. The van der Waals surface area contributed by atoms with Gasteiger partial charge in [0.05, 0.1) is 11.8 Å². The molecule has 1 atom stereocenters. The number of nitrogens with zero attached hydrogens (tertiary/aromatic N) is 3. The summed E-state index contributed by atoms with van der Waals surface area (Å²) in [5, 5.41) is 16.3. The first kappa shape index (κ1) is 19.7. The molecule has 158 valence electrons. The van der Waals surface area contributed by atoms with Crippen molar-refractivity contribution >= 4 is 11.6 Å². The Morgan fingerprint density at radius 2 is 2.07 bits per heavy atom. The molecule has 0 saturated heterocycles. The average Bonchev–Trinajstić information content (AvgIpc) is 3.34. The van der Waals surface area contributed by atoms with Crippen molar-refractivity contribution in [3.05, 3.63) is 50.2 Å². The highest BCUT2D eigenvalue weighted by molar-refractivity contribution is 6.04. The second-order valence-electron chi connectivity index (χ2n) is 7.21. The Morgan fingerprint density at radius 3 is 2.80 bits per heavy atom. The van der Waals surface area contributed by atoms with Gasteiger partial charge in [0.2, 0.25) is 18.6 Å². The van der Waals surface area contributed by atoms with Gasteiger partial charge in [-0.15, -0.1) is 0 Å². The number of carbonyl (C=O) groups is 1. The van der Waals surface area contributed by atoms with E-state index in [1.165, 1.54) is 11.9 Å². The number of H-pyrrole nitrogens is 1. The second-order valence-corrected chi connectivity index (χ2v) is 7.21. The molecule has 0 unspecified atom stereocenters. The molecule has 0 bridgehead atoms. The van der Waals surface area contributed by atoms with Crippen molar-refractivity contribution in [2.75, 3.05) is 6.79 Å². The first-order valence-electron chi connectivity index (χ1n) is 9.74. The van der Waals surface area contributed by atoms with E-state index >= 15 is 0 Å². The third-order valence-electron chi connectivity index (χ3n) is 5.21. The third kappa shape index (κ3) is 3.34. The van der Waals surface area contributed by atoms with E-state index in [1.54, 1.807) is 18.2 Å². The number of aromatic amines is 1.